The molecule has 0 aromatic heterocycles. The fraction of sp³-hybridized carbons (Fsp3) is 0.846. The number of likely N-dealkylation sites (tertiary alicyclic amines) is 1. The van der Waals surface area contributed by atoms with Crippen molar-refractivity contribution in [2.45, 2.75) is 98.7 Å². The summed E-state index contributed by atoms with van der Waals surface area (Å²) in [5.74, 6) is 1.68. The lowest BCUT2D eigenvalue weighted by Gasteiger charge is -2.45. The van der Waals surface area contributed by atoms with Crippen molar-refractivity contribution in [3.05, 3.63) is 11.6 Å². The van der Waals surface area contributed by atoms with Gasteiger partial charge in [-0.15, -0.1) is 0 Å². The summed E-state index contributed by atoms with van der Waals surface area (Å²) in [6.07, 6.45) is 8.21. The molecule has 5 atom stereocenters. The number of piperidine rings is 1. The van der Waals surface area contributed by atoms with Crippen molar-refractivity contribution < 1.29 is 9.59 Å². The van der Waals surface area contributed by atoms with Crippen molar-refractivity contribution in [3.63, 3.8) is 0 Å². The molecular formula is C26H47N3O2. The summed E-state index contributed by atoms with van der Waals surface area (Å²) >= 11 is 0. The zero-order chi connectivity index (χ0) is 23.5. The molecule has 1 N–H and O–H groups in total. The van der Waals surface area contributed by atoms with E-state index in [9.17, 15) is 9.59 Å². The normalized spacial score (nSPS) is 26.6. The summed E-state index contributed by atoms with van der Waals surface area (Å²) in [6.45, 7) is 15.5. The Morgan fingerprint density at radius 1 is 1.10 bits per heavy atom. The topological polar surface area (TPSA) is 52.7 Å². The molecule has 3 unspecified atom stereocenters. The molecule has 2 amide bonds. The van der Waals surface area contributed by atoms with E-state index in [-0.39, 0.29) is 29.3 Å². The highest BCUT2D eigenvalue weighted by Gasteiger charge is 2.42. The van der Waals surface area contributed by atoms with E-state index < -0.39 is 6.04 Å². The summed E-state index contributed by atoms with van der Waals surface area (Å²) in [5.41, 5.74) is 0.828. The number of likely N-dealkylation sites (N-methyl/N-ethyl adjacent to an activating group) is 2. The van der Waals surface area contributed by atoms with Gasteiger partial charge in [-0.05, 0) is 56.9 Å². The number of fused-ring (bicyclic) bond motifs is 1. The van der Waals surface area contributed by atoms with Crippen LogP contribution >= 0.6 is 0 Å². The molecular weight excluding hydrogens is 386 g/mol. The first-order chi connectivity index (χ1) is 14.3. The van der Waals surface area contributed by atoms with E-state index in [1.165, 1.54) is 31.3 Å². The average Bonchev–Trinajstić information content (AvgIpc) is 2.67. The molecule has 1 aliphatic carbocycles. The second kappa shape index (κ2) is 10.5. The Hall–Kier alpha value is -1.36. The van der Waals surface area contributed by atoms with Crippen molar-refractivity contribution >= 4 is 11.8 Å². The predicted octanol–water partition coefficient (Wildman–Crippen LogP) is 4.48. The maximum atomic E-state index is 13.6. The lowest BCUT2D eigenvalue weighted by atomic mass is 9.73. The summed E-state index contributed by atoms with van der Waals surface area (Å²) in [4.78, 5) is 31.1. The van der Waals surface area contributed by atoms with Gasteiger partial charge in [0.25, 0.3) is 0 Å². The van der Waals surface area contributed by atoms with E-state index in [4.69, 9.17) is 0 Å². The van der Waals surface area contributed by atoms with Gasteiger partial charge in [-0.3, -0.25) is 14.5 Å². The van der Waals surface area contributed by atoms with Crippen LogP contribution in [0.25, 0.3) is 0 Å². The monoisotopic (exact) mass is 433 g/mol. The van der Waals surface area contributed by atoms with Gasteiger partial charge in [0.05, 0.1) is 12.1 Å². The number of nitrogens with one attached hydrogen (secondary N) is 1. The van der Waals surface area contributed by atoms with Gasteiger partial charge in [0, 0.05) is 13.6 Å². The van der Waals surface area contributed by atoms with Crippen molar-refractivity contribution in [3.8, 4) is 0 Å². The molecule has 5 heteroatoms. The molecule has 0 spiro atoms. The molecule has 2 rings (SSSR count). The first-order valence-electron chi connectivity index (χ1n) is 12.2. The van der Waals surface area contributed by atoms with Gasteiger partial charge < -0.3 is 10.2 Å². The maximum absolute atomic E-state index is 13.6. The van der Waals surface area contributed by atoms with E-state index in [1.807, 2.05) is 32.7 Å². The second-order valence-electron chi connectivity index (χ2n) is 11.7. The first kappa shape index (κ1) is 25.9. The molecule has 0 radical (unpaired) electrons. The lowest BCUT2D eigenvalue weighted by Crippen LogP contribution is -2.60. The molecule has 1 aliphatic heterocycles. The number of allylic oxidation sites excluding steroid dienone is 1. The Morgan fingerprint density at radius 2 is 1.68 bits per heavy atom. The molecule has 31 heavy (non-hydrogen) atoms. The Balaban J connectivity index is 2.18. The van der Waals surface area contributed by atoms with E-state index in [2.05, 4.69) is 51.0 Å². The van der Waals surface area contributed by atoms with Crippen LogP contribution < -0.4 is 5.32 Å². The van der Waals surface area contributed by atoms with Gasteiger partial charge in [0.2, 0.25) is 11.8 Å². The maximum Gasteiger partial charge on any atom is 0.245 e. The van der Waals surface area contributed by atoms with E-state index >= 15 is 0 Å². The third-order valence-corrected chi connectivity index (χ3v) is 7.33. The zero-order valence-electron chi connectivity index (χ0n) is 21.5. The van der Waals surface area contributed by atoms with Crippen molar-refractivity contribution in [1.82, 2.24) is 15.1 Å². The van der Waals surface area contributed by atoms with E-state index in [0.29, 0.717) is 11.8 Å². The quantitative estimate of drug-likeness (QED) is 0.629. The second-order valence-corrected chi connectivity index (χ2v) is 11.7. The first-order valence-corrected chi connectivity index (χ1v) is 12.2. The third kappa shape index (κ3) is 6.57. The average molecular weight is 434 g/mol. The molecule has 1 saturated carbocycles. The highest BCUT2D eigenvalue weighted by Crippen LogP contribution is 2.38. The standard InChI is InChI=1S/C26H47N3O2/c1-17(2)14-21(18(3)4)29(9)25(31)23(26(5,6)7)27-24(30)22-15-19-12-10-11-13-20(19)16-28(22)8/h14,18-23H,10-13,15-16H2,1-9H3,(H,27,30)/t19?,20?,21-,22?,23-/m1/s1. The van der Waals surface area contributed by atoms with Gasteiger partial charge in [-0.25, -0.2) is 0 Å². The fourth-order valence-electron chi connectivity index (χ4n) is 5.44. The highest BCUT2D eigenvalue weighted by atomic mass is 16.2. The lowest BCUT2D eigenvalue weighted by molar-refractivity contribution is -0.142. The van der Waals surface area contributed by atoms with Crippen LogP contribution in [0.4, 0.5) is 0 Å². The van der Waals surface area contributed by atoms with Gasteiger partial charge >= 0.3 is 0 Å². The minimum atomic E-state index is -0.547. The fourth-order valence-corrected chi connectivity index (χ4v) is 5.44. The van der Waals surface area contributed by atoms with Crippen molar-refractivity contribution in [2.75, 3.05) is 20.6 Å². The molecule has 1 saturated heterocycles. The smallest absolute Gasteiger partial charge is 0.245 e. The number of carbonyl (C=O) groups is 2. The Labute approximate surface area is 191 Å². The predicted molar refractivity (Wildman–Crippen MR) is 129 cm³/mol. The van der Waals surface area contributed by atoms with Crippen LogP contribution in [0, 0.1) is 23.2 Å². The van der Waals surface area contributed by atoms with Crippen LogP contribution in [-0.4, -0.2) is 60.4 Å². The largest absolute Gasteiger partial charge is 0.342 e. The molecule has 0 bridgehead atoms. The van der Waals surface area contributed by atoms with E-state index in [0.717, 1.165) is 18.9 Å². The summed E-state index contributed by atoms with van der Waals surface area (Å²) in [5, 5.41) is 3.19. The summed E-state index contributed by atoms with van der Waals surface area (Å²) in [7, 11) is 3.94. The summed E-state index contributed by atoms with van der Waals surface area (Å²) in [6, 6.07) is -0.671. The van der Waals surface area contributed by atoms with Gasteiger partial charge in [0.1, 0.15) is 6.04 Å². The number of rotatable bonds is 6. The Kier molecular flexibility index (Phi) is 8.77. The number of hydrogen-bond donors (Lipinski definition) is 1. The molecule has 0 aromatic rings. The van der Waals surface area contributed by atoms with Crippen molar-refractivity contribution in [2.24, 2.45) is 23.2 Å². The minimum absolute atomic E-state index is 0.00828. The van der Waals surface area contributed by atoms with Crippen molar-refractivity contribution in [1.29, 1.82) is 0 Å². The molecule has 178 valence electrons. The number of nitrogens with zero attached hydrogens (tertiary/aromatic N) is 2. The van der Waals surface area contributed by atoms with Gasteiger partial charge in [-0.1, -0.05) is 65.5 Å². The minimum Gasteiger partial charge on any atom is -0.342 e. The molecule has 2 aliphatic rings. The highest BCUT2D eigenvalue weighted by molar-refractivity contribution is 5.90. The van der Waals surface area contributed by atoms with Gasteiger partial charge in [0.15, 0.2) is 0 Å². The number of carbonyl (C=O) groups excluding carboxylic acids is 2. The SMILES string of the molecule is CC(C)=C[C@H](C(C)C)N(C)C(=O)[C@@H](NC(=O)C1CC2CCCCC2CN1C)C(C)(C)C. The van der Waals surface area contributed by atoms with Crippen LogP contribution in [0.15, 0.2) is 11.6 Å². The molecule has 0 aromatic carbocycles. The van der Waals surface area contributed by atoms with Crippen LogP contribution in [0.3, 0.4) is 0 Å². The van der Waals surface area contributed by atoms with E-state index in [1.54, 1.807) is 0 Å². The van der Waals surface area contributed by atoms with Crippen LogP contribution in [0.1, 0.15) is 80.6 Å². The summed E-state index contributed by atoms with van der Waals surface area (Å²) < 4.78 is 0. The Morgan fingerprint density at radius 3 is 2.19 bits per heavy atom. The number of amides is 2. The van der Waals surface area contributed by atoms with Crippen LogP contribution in [0.2, 0.25) is 0 Å². The third-order valence-electron chi connectivity index (χ3n) is 7.33. The molecule has 5 nitrogen and oxygen atoms in total. The Bertz CT molecular complexity index is 660. The molecule has 1 heterocycles. The van der Waals surface area contributed by atoms with Crippen LogP contribution in [0.5, 0.6) is 0 Å². The number of hydrogen-bond acceptors (Lipinski definition) is 3. The molecule has 2 fully saturated rings. The van der Waals surface area contributed by atoms with Gasteiger partial charge in [-0.2, -0.15) is 0 Å². The van der Waals surface area contributed by atoms with Crippen LogP contribution in [-0.2, 0) is 9.59 Å². The zero-order valence-corrected chi connectivity index (χ0v) is 21.5.